The Morgan fingerprint density at radius 1 is 1.04 bits per heavy atom. The van der Waals surface area contributed by atoms with Gasteiger partial charge < -0.3 is 14.4 Å². The SMILES string of the molecule is CC(C)C(=O)N1CCN(C(=O)Cc2ccc3c(c2)nc(C(C)C)n3C)CC1. The number of aromatic nitrogens is 2. The number of carbonyl (C=O) groups excluding carboxylic acids is 2. The average molecular weight is 370 g/mol. The zero-order chi connectivity index (χ0) is 19.7. The van der Waals surface area contributed by atoms with Crippen LogP contribution < -0.4 is 0 Å². The fourth-order valence-electron chi connectivity index (χ4n) is 3.72. The summed E-state index contributed by atoms with van der Waals surface area (Å²) in [6, 6.07) is 6.10. The first-order valence-corrected chi connectivity index (χ1v) is 9.79. The van der Waals surface area contributed by atoms with Gasteiger partial charge in [0.25, 0.3) is 0 Å². The maximum Gasteiger partial charge on any atom is 0.227 e. The number of nitrogens with zero attached hydrogens (tertiary/aromatic N) is 4. The van der Waals surface area contributed by atoms with Gasteiger partial charge in [-0.2, -0.15) is 0 Å². The number of piperazine rings is 1. The molecule has 3 rings (SSSR count). The summed E-state index contributed by atoms with van der Waals surface area (Å²) in [6.45, 7) is 10.6. The molecule has 0 spiro atoms. The number of carbonyl (C=O) groups is 2. The highest BCUT2D eigenvalue weighted by atomic mass is 16.2. The van der Waals surface area contributed by atoms with E-state index in [1.807, 2.05) is 42.8 Å². The van der Waals surface area contributed by atoms with Crippen molar-refractivity contribution in [2.45, 2.75) is 40.0 Å². The van der Waals surface area contributed by atoms with Gasteiger partial charge in [-0.05, 0) is 17.7 Å². The van der Waals surface area contributed by atoms with Gasteiger partial charge in [-0.15, -0.1) is 0 Å². The molecule has 0 bridgehead atoms. The minimum atomic E-state index is 0.00748. The largest absolute Gasteiger partial charge is 0.339 e. The third kappa shape index (κ3) is 3.99. The van der Waals surface area contributed by atoms with Gasteiger partial charge in [0.1, 0.15) is 5.82 Å². The smallest absolute Gasteiger partial charge is 0.227 e. The van der Waals surface area contributed by atoms with Crippen molar-refractivity contribution < 1.29 is 9.59 Å². The molecule has 0 saturated carbocycles. The minimum absolute atomic E-state index is 0.00748. The predicted octanol–water partition coefficient (Wildman–Crippen LogP) is 2.57. The maximum atomic E-state index is 12.7. The molecule has 1 fully saturated rings. The Hall–Kier alpha value is -2.37. The Morgan fingerprint density at radius 3 is 2.26 bits per heavy atom. The molecule has 0 atom stereocenters. The topological polar surface area (TPSA) is 58.4 Å². The van der Waals surface area contributed by atoms with E-state index in [1.165, 1.54) is 0 Å². The van der Waals surface area contributed by atoms with Crippen molar-refractivity contribution in [2.24, 2.45) is 13.0 Å². The molecule has 0 aliphatic carbocycles. The lowest BCUT2D eigenvalue weighted by molar-refractivity contribution is -0.141. The molecule has 6 heteroatoms. The second kappa shape index (κ2) is 7.71. The van der Waals surface area contributed by atoms with Crippen molar-refractivity contribution in [3.63, 3.8) is 0 Å². The third-order valence-corrected chi connectivity index (χ3v) is 5.29. The normalized spacial score (nSPS) is 15.2. The number of imidazole rings is 1. The predicted molar refractivity (Wildman–Crippen MR) is 107 cm³/mol. The lowest BCUT2D eigenvalue weighted by Crippen LogP contribution is -2.51. The van der Waals surface area contributed by atoms with E-state index in [4.69, 9.17) is 4.98 Å². The average Bonchev–Trinajstić information content (AvgIpc) is 2.97. The molecule has 0 unspecified atom stereocenters. The molecule has 27 heavy (non-hydrogen) atoms. The molecule has 2 amide bonds. The van der Waals surface area contributed by atoms with Crippen LogP contribution in [0, 0.1) is 5.92 Å². The molecule has 2 heterocycles. The van der Waals surface area contributed by atoms with Crippen molar-refractivity contribution in [1.82, 2.24) is 19.4 Å². The molecule has 1 aliphatic heterocycles. The fraction of sp³-hybridized carbons (Fsp3) is 0.571. The molecular formula is C21H30N4O2. The zero-order valence-corrected chi connectivity index (χ0v) is 17.0. The second-order valence-electron chi connectivity index (χ2n) is 8.04. The molecule has 1 aromatic carbocycles. The molecule has 1 aromatic heterocycles. The number of aryl methyl sites for hydroxylation is 1. The van der Waals surface area contributed by atoms with Crippen LogP contribution in [0.5, 0.6) is 0 Å². The second-order valence-corrected chi connectivity index (χ2v) is 8.04. The Bertz CT molecular complexity index is 845. The molecule has 2 aromatic rings. The highest BCUT2D eigenvalue weighted by molar-refractivity contribution is 5.83. The standard InChI is InChI=1S/C21H30N4O2/c1-14(2)20-22-17-12-16(6-7-18(17)23(20)5)13-19(26)24-8-10-25(11-9-24)21(27)15(3)4/h6-7,12,14-15H,8-11,13H2,1-5H3. The summed E-state index contributed by atoms with van der Waals surface area (Å²) in [7, 11) is 2.04. The Labute approximate surface area is 161 Å². The van der Waals surface area contributed by atoms with Gasteiger partial charge >= 0.3 is 0 Å². The number of rotatable bonds is 4. The van der Waals surface area contributed by atoms with Crippen LogP contribution in [0.15, 0.2) is 18.2 Å². The van der Waals surface area contributed by atoms with Gasteiger partial charge in [0.15, 0.2) is 0 Å². The summed E-state index contributed by atoms with van der Waals surface area (Å²) in [5.74, 6) is 1.71. The molecule has 1 aliphatic rings. The van der Waals surface area contributed by atoms with Gasteiger partial charge in [-0.25, -0.2) is 4.98 Å². The Morgan fingerprint density at radius 2 is 1.67 bits per heavy atom. The number of hydrogen-bond acceptors (Lipinski definition) is 3. The zero-order valence-electron chi connectivity index (χ0n) is 17.0. The summed E-state index contributed by atoms with van der Waals surface area (Å²) in [5.41, 5.74) is 3.02. The summed E-state index contributed by atoms with van der Waals surface area (Å²) in [5, 5.41) is 0. The van der Waals surface area contributed by atoms with Gasteiger partial charge in [0, 0.05) is 45.1 Å². The number of amides is 2. The van der Waals surface area contributed by atoms with Crippen LogP contribution in [0.25, 0.3) is 11.0 Å². The van der Waals surface area contributed by atoms with Crippen LogP contribution >= 0.6 is 0 Å². The minimum Gasteiger partial charge on any atom is -0.339 e. The third-order valence-electron chi connectivity index (χ3n) is 5.29. The summed E-state index contributed by atoms with van der Waals surface area (Å²) in [6.07, 6.45) is 0.377. The van der Waals surface area contributed by atoms with Crippen molar-refractivity contribution in [1.29, 1.82) is 0 Å². The van der Waals surface area contributed by atoms with E-state index in [0.717, 1.165) is 22.4 Å². The van der Waals surface area contributed by atoms with Gasteiger partial charge in [0.2, 0.25) is 11.8 Å². The fourth-order valence-corrected chi connectivity index (χ4v) is 3.72. The number of fused-ring (bicyclic) bond motifs is 1. The molecule has 6 nitrogen and oxygen atoms in total. The summed E-state index contributed by atoms with van der Waals surface area (Å²) >= 11 is 0. The van der Waals surface area contributed by atoms with Crippen LogP contribution in [-0.4, -0.2) is 57.3 Å². The highest BCUT2D eigenvalue weighted by Gasteiger charge is 2.25. The molecule has 1 saturated heterocycles. The van der Waals surface area contributed by atoms with E-state index >= 15 is 0 Å². The summed E-state index contributed by atoms with van der Waals surface area (Å²) < 4.78 is 2.12. The van der Waals surface area contributed by atoms with E-state index < -0.39 is 0 Å². The van der Waals surface area contributed by atoms with Crippen LogP contribution in [0.4, 0.5) is 0 Å². The van der Waals surface area contributed by atoms with Crippen molar-refractivity contribution in [3.05, 3.63) is 29.6 Å². The lowest BCUT2D eigenvalue weighted by Gasteiger charge is -2.35. The monoisotopic (exact) mass is 370 g/mol. The van der Waals surface area contributed by atoms with E-state index in [0.29, 0.717) is 38.5 Å². The first kappa shape index (κ1) is 19.4. The first-order chi connectivity index (χ1) is 12.8. The molecule has 0 N–H and O–H groups in total. The quantitative estimate of drug-likeness (QED) is 0.831. The van der Waals surface area contributed by atoms with E-state index in [-0.39, 0.29) is 17.7 Å². The van der Waals surface area contributed by atoms with Crippen molar-refractivity contribution in [3.8, 4) is 0 Å². The van der Waals surface area contributed by atoms with Gasteiger partial charge in [-0.1, -0.05) is 33.8 Å². The number of benzene rings is 1. The molecule has 146 valence electrons. The summed E-state index contributed by atoms with van der Waals surface area (Å²) in [4.78, 5) is 33.2. The van der Waals surface area contributed by atoms with Crippen LogP contribution in [-0.2, 0) is 23.1 Å². The van der Waals surface area contributed by atoms with Gasteiger partial charge in [0.05, 0.1) is 17.5 Å². The van der Waals surface area contributed by atoms with Gasteiger partial charge in [-0.3, -0.25) is 9.59 Å². The molecular weight excluding hydrogens is 340 g/mol. The Kier molecular flexibility index (Phi) is 5.53. The lowest BCUT2D eigenvalue weighted by atomic mass is 10.1. The van der Waals surface area contributed by atoms with E-state index in [1.54, 1.807) is 0 Å². The van der Waals surface area contributed by atoms with Crippen molar-refractivity contribution >= 4 is 22.8 Å². The van der Waals surface area contributed by atoms with E-state index in [9.17, 15) is 9.59 Å². The van der Waals surface area contributed by atoms with Crippen LogP contribution in [0.1, 0.15) is 45.0 Å². The highest BCUT2D eigenvalue weighted by Crippen LogP contribution is 2.22. The number of hydrogen-bond donors (Lipinski definition) is 0. The van der Waals surface area contributed by atoms with Crippen molar-refractivity contribution in [2.75, 3.05) is 26.2 Å². The first-order valence-electron chi connectivity index (χ1n) is 9.79. The van der Waals surface area contributed by atoms with E-state index in [2.05, 4.69) is 24.5 Å². The molecule has 0 radical (unpaired) electrons. The van der Waals surface area contributed by atoms with Crippen LogP contribution in [0.3, 0.4) is 0 Å². The maximum absolute atomic E-state index is 12.7. The Balaban J connectivity index is 1.65. The van der Waals surface area contributed by atoms with Crippen LogP contribution in [0.2, 0.25) is 0 Å².